The fourth-order valence-corrected chi connectivity index (χ4v) is 7.76. The molecule has 4 aliphatic rings. The van der Waals surface area contributed by atoms with Crippen LogP contribution in [0.5, 0.6) is 0 Å². The lowest BCUT2D eigenvalue weighted by Gasteiger charge is -2.53. The molecule has 2 amide bonds. The minimum atomic E-state index is -1.10. The molecule has 2 saturated carbocycles. The van der Waals surface area contributed by atoms with Gasteiger partial charge in [-0.1, -0.05) is 43.2 Å². The number of urea groups is 1. The summed E-state index contributed by atoms with van der Waals surface area (Å²) < 4.78 is 15.1. The van der Waals surface area contributed by atoms with E-state index in [-0.39, 0.29) is 30.1 Å². The van der Waals surface area contributed by atoms with Crippen molar-refractivity contribution < 1.29 is 14.3 Å². The number of piperazine rings is 1. The van der Waals surface area contributed by atoms with E-state index in [9.17, 15) is 19.1 Å². The van der Waals surface area contributed by atoms with Crippen molar-refractivity contribution in [3.63, 3.8) is 0 Å². The standard InChI is InChI=1S/C31H42FN5O3/c32-25-10-8-23(9-11-25)26-18-28(38)36(22-34-26)21-31(40)14-16-35(20-30(31)12-4-5-13-30)29(39)37-17-15-33-19-27(37)24-6-2-1-3-7-24/h1-3,6-7,18,22-23,25,27,33,40H,4-5,8-17,19-21H2/t23?,25?,27-,31+/m0/s1. The van der Waals surface area contributed by atoms with Crippen LogP contribution in [0.25, 0.3) is 0 Å². The number of aliphatic hydroxyl groups is 1. The number of piperidine rings is 1. The molecular weight excluding hydrogens is 509 g/mol. The number of carbonyl (C=O) groups is 1. The first-order valence-corrected chi connectivity index (χ1v) is 15.1. The molecule has 2 saturated heterocycles. The van der Waals surface area contributed by atoms with Gasteiger partial charge in [-0.2, -0.15) is 0 Å². The van der Waals surface area contributed by atoms with Crippen LogP contribution < -0.4 is 10.9 Å². The van der Waals surface area contributed by atoms with Gasteiger partial charge in [0.05, 0.1) is 30.2 Å². The monoisotopic (exact) mass is 551 g/mol. The van der Waals surface area contributed by atoms with Gasteiger partial charge >= 0.3 is 6.03 Å². The largest absolute Gasteiger partial charge is 0.387 e. The summed E-state index contributed by atoms with van der Waals surface area (Å²) in [6, 6.07) is 11.8. The fourth-order valence-electron chi connectivity index (χ4n) is 7.76. The second kappa shape index (κ2) is 11.2. The van der Waals surface area contributed by atoms with Gasteiger partial charge in [-0.05, 0) is 50.5 Å². The smallest absolute Gasteiger partial charge is 0.320 e. The number of carbonyl (C=O) groups excluding carboxylic acids is 1. The lowest BCUT2D eigenvalue weighted by atomic mass is 9.66. The van der Waals surface area contributed by atoms with Crippen LogP contribution in [0.4, 0.5) is 9.18 Å². The van der Waals surface area contributed by atoms with Gasteiger partial charge in [0.25, 0.3) is 5.56 Å². The average Bonchev–Trinajstić information content (AvgIpc) is 3.46. The van der Waals surface area contributed by atoms with E-state index in [1.807, 2.05) is 28.0 Å². The highest BCUT2D eigenvalue weighted by Crippen LogP contribution is 2.52. The van der Waals surface area contributed by atoms with E-state index in [2.05, 4.69) is 22.4 Å². The first-order chi connectivity index (χ1) is 19.4. The van der Waals surface area contributed by atoms with Gasteiger partial charge < -0.3 is 20.2 Å². The van der Waals surface area contributed by atoms with Crippen LogP contribution >= 0.6 is 0 Å². The molecular formula is C31H42FN5O3. The molecule has 9 heteroatoms. The number of hydrogen-bond acceptors (Lipinski definition) is 5. The van der Waals surface area contributed by atoms with Crippen molar-refractivity contribution in [2.45, 2.75) is 88.1 Å². The van der Waals surface area contributed by atoms with Gasteiger partial charge in [0, 0.05) is 50.1 Å². The van der Waals surface area contributed by atoms with Gasteiger partial charge in [0.15, 0.2) is 0 Å². The zero-order chi connectivity index (χ0) is 27.7. The molecule has 0 bridgehead atoms. The number of likely N-dealkylation sites (tertiary alicyclic amines) is 1. The SMILES string of the molecule is O=C(N1CC[C@@](O)(Cn2cnc(C3CCC(F)CC3)cc2=O)C2(CCCC2)C1)N1CCNC[C@H]1c1ccccc1. The summed E-state index contributed by atoms with van der Waals surface area (Å²) in [7, 11) is 0. The predicted molar refractivity (Wildman–Crippen MR) is 151 cm³/mol. The lowest BCUT2D eigenvalue weighted by Crippen LogP contribution is -2.64. The Labute approximate surface area is 235 Å². The quantitative estimate of drug-likeness (QED) is 0.600. The third-order valence-corrected chi connectivity index (χ3v) is 10.2. The number of amides is 2. The number of alkyl halides is 1. The molecule has 2 aliphatic heterocycles. The molecule has 40 heavy (non-hydrogen) atoms. The Kier molecular flexibility index (Phi) is 7.70. The van der Waals surface area contributed by atoms with Crippen LogP contribution in [-0.2, 0) is 6.54 Å². The molecule has 216 valence electrons. The van der Waals surface area contributed by atoms with Crippen molar-refractivity contribution in [1.29, 1.82) is 0 Å². The number of aromatic nitrogens is 2. The zero-order valence-corrected chi connectivity index (χ0v) is 23.3. The number of nitrogens with zero attached hydrogens (tertiary/aromatic N) is 4. The third-order valence-electron chi connectivity index (χ3n) is 10.2. The van der Waals surface area contributed by atoms with E-state index >= 15 is 0 Å². The minimum Gasteiger partial charge on any atom is -0.387 e. The van der Waals surface area contributed by atoms with Crippen LogP contribution in [0, 0.1) is 5.41 Å². The second-order valence-corrected chi connectivity index (χ2v) is 12.5. The van der Waals surface area contributed by atoms with Crippen LogP contribution in [0.3, 0.4) is 0 Å². The molecule has 1 spiro atoms. The Morgan fingerprint density at radius 1 is 1.07 bits per heavy atom. The van der Waals surface area contributed by atoms with E-state index in [0.717, 1.165) is 50.0 Å². The Morgan fingerprint density at radius 2 is 1.82 bits per heavy atom. The van der Waals surface area contributed by atoms with E-state index in [0.29, 0.717) is 51.7 Å². The normalized spacial score (nSPS) is 30.5. The molecule has 2 aliphatic carbocycles. The molecule has 0 radical (unpaired) electrons. The minimum absolute atomic E-state index is 0.0223. The summed E-state index contributed by atoms with van der Waals surface area (Å²) >= 11 is 0. The van der Waals surface area contributed by atoms with Crippen molar-refractivity contribution in [2.24, 2.45) is 5.41 Å². The van der Waals surface area contributed by atoms with Gasteiger partial charge in [-0.3, -0.25) is 9.36 Å². The topological polar surface area (TPSA) is 90.7 Å². The van der Waals surface area contributed by atoms with Crippen LogP contribution in [0.15, 0.2) is 47.5 Å². The Bertz CT molecular complexity index is 1240. The highest BCUT2D eigenvalue weighted by atomic mass is 19.1. The lowest BCUT2D eigenvalue weighted by molar-refractivity contribution is -0.137. The third kappa shape index (κ3) is 5.18. The molecule has 2 N–H and O–H groups in total. The van der Waals surface area contributed by atoms with E-state index < -0.39 is 17.2 Å². The van der Waals surface area contributed by atoms with Gasteiger partial charge in [0.2, 0.25) is 0 Å². The highest BCUT2D eigenvalue weighted by Gasteiger charge is 2.56. The van der Waals surface area contributed by atoms with Crippen LogP contribution in [0.1, 0.15) is 81.0 Å². The summed E-state index contributed by atoms with van der Waals surface area (Å²) in [6.45, 7) is 3.26. The van der Waals surface area contributed by atoms with Gasteiger partial charge in [-0.25, -0.2) is 14.2 Å². The van der Waals surface area contributed by atoms with E-state index in [1.165, 1.54) is 0 Å². The fraction of sp³-hybridized carbons (Fsp3) is 0.645. The Hall–Kier alpha value is -2.78. The molecule has 2 aromatic rings. The predicted octanol–water partition coefficient (Wildman–Crippen LogP) is 4.00. The summed E-state index contributed by atoms with van der Waals surface area (Å²) in [4.78, 5) is 35.7. The second-order valence-electron chi connectivity index (χ2n) is 12.5. The molecule has 8 nitrogen and oxygen atoms in total. The van der Waals surface area contributed by atoms with Crippen molar-refractivity contribution in [1.82, 2.24) is 24.7 Å². The van der Waals surface area contributed by atoms with Gasteiger partial charge in [0.1, 0.15) is 6.17 Å². The van der Waals surface area contributed by atoms with Crippen LogP contribution in [0.2, 0.25) is 0 Å². The highest BCUT2D eigenvalue weighted by molar-refractivity contribution is 5.75. The molecule has 0 unspecified atom stereocenters. The maximum atomic E-state index is 14.0. The molecule has 2 atom stereocenters. The van der Waals surface area contributed by atoms with Crippen molar-refractivity contribution in [3.05, 3.63) is 64.3 Å². The van der Waals surface area contributed by atoms with Crippen LogP contribution in [-0.4, -0.2) is 75.0 Å². The average molecular weight is 552 g/mol. The van der Waals surface area contributed by atoms with Crippen molar-refractivity contribution in [2.75, 3.05) is 32.7 Å². The maximum Gasteiger partial charge on any atom is 0.320 e. The summed E-state index contributed by atoms with van der Waals surface area (Å²) in [6.07, 6.45) is 7.41. The van der Waals surface area contributed by atoms with E-state index in [1.54, 1.807) is 17.0 Å². The molecule has 6 rings (SSSR count). The first kappa shape index (κ1) is 27.4. The number of hydrogen-bond donors (Lipinski definition) is 2. The Balaban J connectivity index is 1.19. The number of nitrogens with one attached hydrogen (secondary N) is 1. The zero-order valence-electron chi connectivity index (χ0n) is 23.3. The Morgan fingerprint density at radius 3 is 2.55 bits per heavy atom. The van der Waals surface area contributed by atoms with Crippen molar-refractivity contribution in [3.8, 4) is 0 Å². The number of rotatable bonds is 4. The maximum absolute atomic E-state index is 14.0. The first-order valence-electron chi connectivity index (χ1n) is 15.1. The molecule has 1 aromatic heterocycles. The van der Waals surface area contributed by atoms with E-state index in [4.69, 9.17) is 0 Å². The number of halogens is 1. The number of benzene rings is 1. The molecule has 3 heterocycles. The molecule has 4 fully saturated rings. The van der Waals surface area contributed by atoms with Crippen molar-refractivity contribution >= 4 is 6.03 Å². The molecule has 1 aromatic carbocycles. The summed E-state index contributed by atoms with van der Waals surface area (Å²) in [5.74, 6) is 0.123. The summed E-state index contributed by atoms with van der Waals surface area (Å²) in [5, 5.41) is 15.6. The summed E-state index contributed by atoms with van der Waals surface area (Å²) in [5.41, 5.74) is 0.149. The van der Waals surface area contributed by atoms with Gasteiger partial charge in [-0.15, -0.1) is 0 Å².